The van der Waals surface area contributed by atoms with Crippen molar-refractivity contribution in [3.8, 4) is 0 Å². The molecule has 1 unspecified atom stereocenters. The van der Waals surface area contributed by atoms with Gasteiger partial charge in [0.1, 0.15) is 0 Å². The Balaban J connectivity index is 1.96. The molecule has 0 radical (unpaired) electrons. The average Bonchev–Trinajstić information content (AvgIpc) is 2.75. The van der Waals surface area contributed by atoms with E-state index in [0.717, 1.165) is 22.1 Å². The average molecular weight is 289 g/mol. The number of fused-ring (bicyclic) bond motifs is 1. The lowest BCUT2D eigenvalue weighted by molar-refractivity contribution is 0.826. The molecule has 1 aliphatic rings. The third-order valence-corrected chi connectivity index (χ3v) is 3.69. The third kappa shape index (κ3) is 1.91. The van der Waals surface area contributed by atoms with Gasteiger partial charge in [-0.2, -0.15) is 0 Å². The van der Waals surface area contributed by atoms with Crippen molar-refractivity contribution in [3.63, 3.8) is 0 Å². The summed E-state index contributed by atoms with van der Waals surface area (Å²) >= 11 is 3.50. The lowest BCUT2D eigenvalue weighted by atomic mass is 10.0. The largest absolute Gasteiger partial charge is 0.398 e. The second-order valence-corrected chi connectivity index (χ2v) is 5.25. The van der Waals surface area contributed by atoms with Crippen LogP contribution in [0.3, 0.4) is 0 Å². The first-order valence-electron chi connectivity index (χ1n) is 5.63. The maximum Gasteiger partial charge on any atom is 0.0575 e. The Morgan fingerprint density at radius 3 is 2.82 bits per heavy atom. The van der Waals surface area contributed by atoms with Crippen molar-refractivity contribution < 1.29 is 0 Å². The van der Waals surface area contributed by atoms with Gasteiger partial charge in [-0.1, -0.05) is 34.1 Å². The van der Waals surface area contributed by atoms with Crippen LogP contribution in [0.25, 0.3) is 0 Å². The predicted molar refractivity (Wildman–Crippen MR) is 75.1 cm³/mol. The normalized spacial score (nSPS) is 17.6. The molecule has 1 atom stereocenters. The first-order valence-corrected chi connectivity index (χ1v) is 6.43. The third-order valence-electron chi connectivity index (χ3n) is 3.20. The highest BCUT2D eigenvalue weighted by atomic mass is 79.9. The van der Waals surface area contributed by atoms with Crippen molar-refractivity contribution >= 4 is 27.3 Å². The van der Waals surface area contributed by atoms with Crippen molar-refractivity contribution in [2.75, 3.05) is 11.1 Å². The summed E-state index contributed by atoms with van der Waals surface area (Å²) in [5.74, 6) is 0. The van der Waals surface area contributed by atoms with E-state index in [-0.39, 0.29) is 6.04 Å². The molecule has 0 saturated carbocycles. The van der Waals surface area contributed by atoms with Crippen molar-refractivity contribution in [2.24, 2.45) is 0 Å². The number of halogens is 1. The van der Waals surface area contributed by atoms with Crippen molar-refractivity contribution in [1.82, 2.24) is 0 Å². The minimum Gasteiger partial charge on any atom is -0.398 e. The quantitative estimate of drug-likeness (QED) is 0.785. The molecule has 2 aromatic rings. The Morgan fingerprint density at radius 1 is 1.18 bits per heavy atom. The van der Waals surface area contributed by atoms with Crippen LogP contribution in [0.2, 0.25) is 0 Å². The summed E-state index contributed by atoms with van der Waals surface area (Å²) in [4.78, 5) is 0. The summed E-state index contributed by atoms with van der Waals surface area (Å²) in [7, 11) is 0. The fraction of sp³-hybridized carbons (Fsp3) is 0.143. The van der Waals surface area contributed by atoms with E-state index in [1.807, 2.05) is 12.1 Å². The van der Waals surface area contributed by atoms with Crippen LogP contribution in [-0.2, 0) is 6.42 Å². The molecule has 0 amide bonds. The molecule has 17 heavy (non-hydrogen) atoms. The highest BCUT2D eigenvalue weighted by Gasteiger charge is 2.23. The van der Waals surface area contributed by atoms with Crippen molar-refractivity contribution in [1.29, 1.82) is 0 Å². The van der Waals surface area contributed by atoms with E-state index in [1.54, 1.807) is 0 Å². The Labute approximate surface area is 109 Å². The number of nitrogens with one attached hydrogen (secondary N) is 1. The second kappa shape index (κ2) is 4.08. The predicted octanol–water partition coefficient (Wildman–Crippen LogP) is 3.74. The number of para-hydroxylation sites is 1. The fourth-order valence-corrected chi connectivity index (χ4v) is 2.71. The molecule has 0 aromatic heterocycles. The minimum absolute atomic E-state index is 0.282. The second-order valence-electron chi connectivity index (χ2n) is 4.33. The van der Waals surface area contributed by atoms with E-state index in [4.69, 9.17) is 5.73 Å². The van der Waals surface area contributed by atoms with E-state index in [1.165, 1.54) is 11.3 Å². The first-order chi connectivity index (χ1) is 8.24. The Bertz CT molecular complexity index is 541. The minimum atomic E-state index is 0.282. The number of nitrogens with two attached hydrogens (primary N) is 1. The van der Waals surface area contributed by atoms with Crippen LogP contribution in [0.1, 0.15) is 17.2 Å². The van der Waals surface area contributed by atoms with Gasteiger partial charge in [-0.05, 0) is 41.8 Å². The molecule has 1 aliphatic heterocycles. The molecule has 0 bridgehead atoms. The van der Waals surface area contributed by atoms with E-state index in [2.05, 4.69) is 51.6 Å². The molecule has 2 nitrogen and oxygen atoms in total. The highest BCUT2D eigenvalue weighted by Crippen LogP contribution is 2.36. The first kappa shape index (κ1) is 10.7. The molecule has 3 heteroatoms. The Morgan fingerprint density at radius 2 is 2.00 bits per heavy atom. The fourth-order valence-electron chi connectivity index (χ4n) is 2.33. The molecule has 3 rings (SSSR count). The van der Waals surface area contributed by atoms with E-state index in [0.29, 0.717) is 0 Å². The Kier molecular flexibility index (Phi) is 2.56. The van der Waals surface area contributed by atoms with E-state index < -0.39 is 0 Å². The monoisotopic (exact) mass is 288 g/mol. The van der Waals surface area contributed by atoms with Gasteiger partial charge in [0.15, 0.2) is 0 Å². The van der Waals surface area contributed by atoms with Crippen LogP contribution in [-0.4, -0.2) is 0 Å². The van der Waals surface area contributed by atoms with Crippen LogP contribution in [0.5, 0.6) is 0 Å². The molecule has 2 aromatic carbocycles. The van der Waals surface area contributed by atoms with Gasteiger partial charge in [-0.25, -0.2) is 0 Å². The van der Waals surface area contributed by atoms with E-state index >= 15 is 0 Å². The molecule has 0 aliphatic carbocycles. The number of anilines is 2. The molecule has 86 valence electrons. The number of nitrogen functional groups attached to an aromatic ring is 1. The summed E-state index contributed by atoms with van der Waals surface area (Å²) in [6.07, 6.45) is 0.997. The van der Waals surface area contributed by atoms with Gasteiger partial charge in [0.25, 0.3) is 0 Å². The van der Waals surface area contributed by atoms with Crippen LogP contribution >= 0.6 is 15.9 Å². The van der Waals surface area contributed by atoms with Gasteiger partial charge in [-0.3, -0.25) is 0 Å². The Hall–Kier alpha value is -1.48. The molecule has 0 saturated heterocycles. The SMILES string of the molecule is Nc1ccc(Br)cc1C1Cc2ccccc2N1. The summed E-state index contributed by atoms with van der Waals surface area (Å²) < 4.78 is 1.07. The number of hydrogen-bond donors (Lipinski definition) is 2. The maximum absolute atomic E-state index is 6.04. The maximum atomic E-state index is 6.04. The standard InChI is InChI=1S/C14H13BrN2/c15-10-5-6-12(16)11(8-10)14-7-9-3-1-2-4-13(9)17-14/h1-6,8,14,17H,7,16H2. The zero-order valence-corrected chi connectivity index (χ0v) is 10.9. The molecule has 1 heterocycles. The molecule has 3 N–H and O–H groups in total. The molecule has 0 spiro atoms. The van der Waals surface area contributed by atoms with Gasteiger partial charge < -0.3 is 11.1 Å². The van der Waals surface area contributed by atoms with Gasteiger partial charge >= 0.3 is 0 Å². The zero-order chi connectivity index (χ0) is 11.8. The van der Waals surface area contributed by atoms with Crippen LogP contribution in [0.4, 0.5) is 11.4 Å². The van der Waals surface area contributed by atoms with Gasteiger partial charge in [0.2, 0.25) is 0 Å². The molecular weight excluding hydrogens is 276 g/mol. The van der Waals surface area contributed by atoms with Gasteiger partial charge in [0, 0.05) is 15.8 Å². The van der Waals surface area contributed by atoms with Crippen molar-refractivity contribution in [3.05, 3.63) is 58.1 Å². The summed E-state index contributed by atoms with van der Waals surface area (Å²) in [6.45, 7) is 0. The lowest BCUT2D eigenvalue weighted by Crippen LogP contribution is -2.08. The molecular formula is C14H13BrN2. The van der Waals surface area contributed by atoms with Crippen LogP contribution in [0.15, 0.2) is 46.9 Å². The van der Waals surface area contributed by atoms with Crippen LogP contribution < -0.4 is 11.1 Å². The van der Waals surface area contributed by atoms with Gasteiger partial charge in [0.05, 0.1) is 6.04 Å². The number of benzene rings is 2. The van der Waals surface area contributed by atoms with Crippen LogP contribution in [0, 0.1) is 0 Å². The van der Waals surface area contributed by atoms with Crippen molar-refractivity contribution in [2.45, 2.75) is 12.5 Å². The van der Waals surface area contributed by atoms with Gasteiger partial charge in [-0.15, -0.1) is 0 Å². The summed E-state index contributed by atoms with van der Waals surface area (Å²) in [6, 6.07) is 14.7. The topological polar surface area (TPSA) is 38.0 Å². The zero-order valence-electron chi connectivity index (χ0n) is 9.28. The lowest BCUT2D eigenvalue weighted by Gasteiger charge is -2.14. The smallest absolute Gasteiger partial charge is 0.0575 e. The number of hydrogen-bond acceptors (Lipinski definition) is 2. The summed E-state index contributed by atoms with van der Waals surface area (Å²) in [5, 5.41) is 3.52. The van der Waals surface area contributed by atoms with E-state index in [9.17, 15) is 0 Å². The number of rotatable bonds is 1. The highest BCUT2D eigenvalue weighted by molar-refractivity contribution is 9.10. The summed E-state index contributed by atoms with van der Waals surface area (Å²) in [5.41, 5.74) is 10.6. The molecule has 0 fully saturated rings.